The zero-order valence-electron chi connectivity index (χ0n) is 16.1. The van der Waals surface area contributed by atoms with Crippen molar-refractivity contribution in [1.29, 1.82) is 0 Å². The SMILES string of the molecule is Cc1sc2cnc(OCc3cccnc3C(F)(F)F)cc2c1C(=O)N[C@@H](CO)C(N)=O. The second-order valence-electron chi connectivity index (χ2n) is 6.46. The average Bonchev–Trinajstić information content (AvgIpc) is 3.04. The van der Waals surface area contributed by atoms with Gasteiger partial charge in [0, 0.05) is 34.3 Å². The highest BCUT2D eigenvalue weighted by molar-refractivity contribution is 7.19. The summed E-state index contributed by atoms with van der Waals surface area (Å²) in [7, 11) is 0. The van der Waals surface area contributed by atoms with Crippen molar-refractivity contribution >= 4 is 33.2 Å². The average molecular weight is 454 g/mol. The molecule has 31 heavy (non-hydrogen) atoms. The number of pyridine rings is 2. The van der Waals surface area contributed by atoms with E-state index in [1.807, 2.05) is 0 Å². The number of halogens is 3. The number of nitrogens with two attached hydrogens (primary N) is 1. The number of hydrogen-bond acceptors (Lipinski definition) is 7. The summed E-state index contributed by atoms with van der Waals surface area (Å²) in [6, 6.07) is 2.79. The Labute approximate surface area is 177 Å². The first kappa shape index (κ1) is 22.4. The van der Waals surface area contributed by atoms with Crippen LogP contribution in [0.1, 0.15) is 26.5 Å². The number of thiophene rings is 1. The number of aliphatic hydroxyl groups excluding tert-OH is 1. The van der Waals surface area contributed by atoms with Crippen LogP contribution in [0.4, 0.5) is 13.2 Å². The fraction of sp³-hybridized carbons (Fsp3) is 0.263. The molecule has 0 aliphatic rings. The molecule has 0 bridgehead atoms. The Morgan fingerprint density at radius 3 is 2.74 bits per heavy atom. The van der Waals surface area contributed by atoms with Crippen LogP contribution in [0.3, 0.4) is 0 Å². The summed E-state index contributed by atoms with van der Waals surface area (Å²) in [6.45, 7) is 0.592. The molecule has 0 aliphatic carbocycles. The number of aryl methyl sites for hydroxylation is 1. The number of fused-ring (bicyclic) bond motifs is 1. The van der Waals surface area contributed by atoms with E-state index in [1.165, 1.54) is 35.7 Å². The van der Waals surface area contributed by atoms with Crippen molar-refractivity contribution in [2.24, 2.45) is 5.73 Å². The largest absolute Gasteiger partial charge is 0.473 e. The summed E-state index contributed by atoms with van der Waals surface area (Å²) >= 11 is 1.26. The third kappa shape index (κ3) is 4.91. The third-order valence-corrected chi connectivity index (χ3v) is 5.38. The number of nitrogens with zero attached hydrogens (tertiary/aromatic N) is 2. The fourth-order valence-corrected chi connectivity index (χ4v) is 3.88. The van der Waals surface area contributed by atoms with E-state index in [4.69, 9.17) is 10.5 Å². The first-order valence-corrected chi connectivity index (χ1v) is 9.67. The number of hydrogen-bond donors (Lipinski definition) is 3. The first-order valence-electron chi connectivity index (χ1n) is 8.86. The molecule has 0 spiro atoms. The molecular weight excluding hydrogens is 437 g/mol. The molecule has 12 heteroatoms. The van der Waals surface area contributed by atoms with Gasteiger partial charge in [-0.15, -0.1) is 11.3 Å². The van der Waals surface area contributed by atoms with Crippen molar-refractivity contribution in [2.45, 2.75) is 25.7 Å². The third-order valence-electron chi connectivity index (χ3n) is 4.32. The van der Waals surface area contributed by atoms with Crippen molar-refractivity contribution in [1.82, 2.24) is 15.3 Å². The lowest BCUT2D eigenvalue weighted by atomic mass is 10.1. The Balaban J connectivity index is 1.87. The summed E-state index contributed by atoms with van der Waals surface area (Å²) in [6.07, 6.45) is -2.15. The maximum absolute atomic E-state index is 13.1. The maximum Gasteiger partial charge on any atom is 0.433 e. The lowest BCUT2D eigenvalue weighted by Gasteiger charge is -2.13. The van der Waals surface area contributed by atoms with Crippen molar-refractivity contribution in [2.75, 3.05) is 6.61 Å². The number of nitrogens with one attached hydrogen (secondary N) is 1. The number of carbonyl (C=O) groups excluding carboxylic acids is 2. The minimum atomic E-state index is -4.63. The van der Waals surface area contributed by atoms with Crippen molar-refractivity contribution in [3.8, 4) is 5.88 Å². The summed E-state index contributed by atoms with van der Waals surface area (Å²) in [5.41, 5.74) is 4.15. The molecule has 0 fully saturated rings. The molecule has 3 heterocycles. The number of aromatic nitrogens is 2. The number of carbonyl (C=O) groups is 2. The fourth-order valence-electron chi connectivity index (χ4n) is 2.87. The van der Waals surface area contributed by atoms with Crippen molar-refractivity contribution < 1.29 is 32.6 Å². The zero-order chi connectivity index (χ0) is 22.8. The first-order chi connectivity index (χ1) is 14.6. The second kappa shape index (κ2) is 8.86. The number of rotatable bonds is 7. The molecule has 164 valence electrons. The molecule has 4 N–H and O–H groups in total. The van der Waals surface area contributed by atoms with E-state index in [0.29, 0.717) is 15.0 Å². The molecule has 2 amide bonds. The van der Waals surface area contributed by atoms with Crippen LogP contribution in [0.25, 0.3) is 10.1 Å². The number of aliphatic hydroxyl groups is 1. The van der Waals surface area contributed by atoms with E-state index < -0.39 is 42.9 Å². The molecule has 0 saturated heterocycles. The van der Waals surface area contributed by atoms with E-state index in [0.717, 1.165) is 6.20 Å². The summed E-state index contributed by atoms with van der Waals surface area (Å²) in [5, 5.41) is 12.0. The van der Waals surface area contributed by atoms with E-state index in [-0.39, 0.29) is 17.0 Å². The molecule has 8 nitrogen and oxygen atoms in total. The summed E-state index contributed by atoms with van der Waals surface area (Å²) in [5.74, 6) is -1.52. The van der Waals surface area contributed by atoms with E-state index in [2.05, 4.69) is 15.3 Å². The van der Waals surface area contributed by atoms with Gasteiger partial charge in [-0.25, -0.2) is 4.98 Å². The summed E-state index contributed by atoms with van der Waals surface area (Å²) in [4.78, 5) is 32.0. The molecule has 3 rings (SSSR count). The highest BCUT2D eigenvalue weighted by atomic mass is 32.1. The van der Waals surface area contributed by atoms with E-state index in [1.54, 1.807) is 6.92 Å². The van der Waals surface area contributed by atoms with Crippen LogP contribution in [0.5, 0.6) is 5.88 Å². The van der Waals surface area contributed by atoms with Gasteiger partial charge in [0.15, 0.2) is 5.69 Å². The standard InChI is InChI=1S/C19H17F3N4O4S/c1-9-15(18(29)26-12(7-27)17(23)28)11-5-14(25-6-13(11)31-9)30-8-10-3-2-4-24-16(10)19(20,21)22/h2-6,12,27H,7-8H2,1H3,(H2,23,28)(H,26,29)/t12-/m0/s1. The molecule has 1 atom stereocenters. The van der Waals surface area contributed by atoms with Crippen LogP contribution in [-0.2, 0) is 17.6 Å². The molecule has 0 aromatic carbocycles. The smallest absolute Gasteiger partial charge is 0.433 e. The van der Waals surface area contributed by atoms with Crippen LogP contribution < -0.4 is 15.8 Å². The van der Waals surface area contributed by atoms with Crippen LogP contribution in [0.2, 0.25) is 0 Å². The molecular formula is C19H17F3N4O4S. The highest BCUT2D eigenvalue weighted by Gasteiger charge is 2.35. The van der Waals surface area contributed by atoms with E-state index in [9.17, 15) is 27.9 Å². The number of primary amides is 1. The van der Waals surface area contributed by atoms with Gasteiger partial charge in [0.1, 0.15) is 12.6 Å². The minimum absolute atomic E-state index is 0.00457. The molecule has 0 unspecified atom stereocenters. The van der Waals surface area contributed by atoms with Crippen LogP contribution in [0.15, 0.2) is 30.6 Å². The number of ether oxygens (including phenoxy) is 1. The molecule has 0 aliphatic heterocycles. The lowest BCUT2D eigenvalue weighted by molar-refractivity contribution is -0.142. The van der Waals surface area contributed by atoms with Gasteiger partial charge in [-0.3, -0.25) is 14.6 Å². The van der Waals surface area contributed by atoms with Gasteiger partial charge in [0.2, 0.25) is 11.8 Å². The van der Waals surface area contributed by atoms with Gasteiger partial charge in [-0.05, 0) is 13.0 Å². The van der Waals surface area contributed by atoms with Crippen LogP contribution in [-0.4, -0.2) is 39.5 Å². The van der Waals surface area contributed by atoms with Gasteiger partial charge >= 0.3 is 6.18 Å². The topological polar surface area (TPSA) is 127 Å². The van der Waals surface area contributed by atoms with Crippen LogP contribution >= 0.6 is 11.3 Å². The molecule has 0 radical (unpaired) electrons. The summed E-state index contributed by atoms with van der Waals surface area (Å²) < 4.78 is 45.3. The molecule has 0 saturated carbocycles. The van der Waals surface area contributed by atoms with Gasteiger partial charge in [0.05, 0.1) is 16.9 Å². The molecule has 3 aromatic heterocycles. The van der Waals surface area contributed by atoms with Crippen molar-refractivity contribution in [3.05, 3.63) is 52.3 Å². The van der Waals surface area contributed by atoms with Gasteiger partial charge in [0.25, 0.3) is 5.91 Å². The predicted octanol–water partition coefficient (Wildman–Crippen LogP) is 2.17. The molecule has 3 aromatic rings. The predicted molar refractivity (Wildman–Crippen MR) is 105 cm³/mol. The number of amides is 2. The monoisotopic (exact) mass is 454 g/mol. The normalized spacial score (nSPS) is 12.5. The van der Waals surface area contributed by atoms with Crippen molar-refractivity contribution in [3.63, 3.8) is 0 Å². The quantitative estimate of drug-likeness (QED) is 0.502. The maximum atomic E-state index is 13.1. The van der Waals surface area contributed by atoms with Gasteiger partial charge < -0.3 is 20.9 Å². The Morgan fingerprint density at radius 2 is 2.10 bits per heavy atom. The number of alkyl halides is 3. The van der Waals surface area contributed by atoms with Gasteiger partial charge in [-0.1, -0.05) is 6.07 Å². The Bertz CT molecular complexity index is 1130. The Kier molecular flexibility index (Phi) is 6.41. The second-order valence-corrected chi connectivity index (χ2v) is 7.72. The van der Waals surface area contributed by atoms with Crippen LogP contribution in [0, 0.1) is 6.92 Å². The highest BCUT2D eigenvalue weighted by Crippen LogP contribution is 2.33. The zero-order valence-corrected chi connectivity index (χ0v) is 16.9. The van der Waals surface area contributed by atoms with E-state index >= 15 is 0 Å². The Hall–Kier alpha value is -3.25. The van der Waals surface area contributed by atoms with Gasteiger partial charge in [-0.2, -0.15) is 13.2 Å². The minimum Gasteiger partial charge on any atom is -0.473 e. The Morgan fingerprint density at radius 1 is 1.35 bits per heavy atom. The lowest BCUT2D eigenvalue weighted by Crippen LogP contribution is -2.46.